The Labute approximate surface area is 265 Å². The van der Waals surface area contributed by atoms with Gasteiger partial charge in [0.15, 0.2) is 11.6 Å². The molecule has 2 aliphatic rings. The molecule has 1 saturated carbocycles. The molecule has 1 aliphatic carbocycles. The van der Waals surface area contributed by atoms with E-state index in [9.17, 15) is 9.59 Å². The largest absolute Gasteiger partial charge is 0.439 e. The summed E-state index contributed by atoms with van der Waals surface area (Å²) in [4.78, 5) is 33.2. The van der Waals surface area contributed by atoms with Crippen molar-refractivity contribution in [3.05, 3.63) is 92.6 Å². The van der Waals surface area contributed by atoms with Crippen LogP contribution in [0.25, 0.3) is 28.3 Å². The van der Waals surface area contributed by atoms with Crippen LogP contribution < -0.4 is 17.0 Å². The highest BCUT2D eigenvalue weighted by Gasteiger charge is 2.58. The van der Waals surface area contributed by atoms with Crippen LogP contribution in [0.1, 0.15) is 82.7 Å². The van der Waals surface area contributed by atoms with Crippen LogP contribution in [0.2, 0.25) is 0 Å². The van der Waals surface area contributed by atoms with Crippen LogP contribution in [-0.2, 0) is 22.3 Å². The first kappa shape index (κ1) is 30.3. The van der Waals surface area contributed by atoms with Crippen LogP contribution in [0.4, 0.5) is 0 Å². The number of nitrogens with two attached hydrogens (primary N) is 1. The maximum atomic E-state index is 14.4. The van der Waals surface area contributed by atoms with Gasteiger partial charge in [-0.25, -0.2) is 9.31 Å². The number of nitrogens with zero attached hydrogens (tertiary/aromatic N) is 5. The van der Waals surface area contributed by atoms with Crippen molar-refractivity contribution in [2.75, 3.05) is 0 Å². The summed E-state index contributed by atoms with van der Waals surface area (Å²) in [5.74, 6) is -0.427. The third-order valence-corrected chi connectivity index (χ3v) is 9.70. The molecule has 2 aromatic carbocycles. The van der Waals surface area contributed by atoms with E-state index in [-0.39, 0.29) is 11.6 Å². The van der Waals surface area contributed by atoms with E-state index in [2.05, 4.69) is 27.1 Å². The first-order valence-corrected chi connectivity index (χ1v) is 15.9. The number of hydrogen-bond acceptors (Lipinski definition) is 9. The van der Waals surface area contributed by atoms with Crippen LogP contribution in [-0.4, -0.2) is 46.4 Å². The minimum absolute atomic E-state index is 0.0356. The summed E-state index contributed by atoms with van der Waals surface area (Å²) in [6.45, 7) is 7.88. The molecule has 46 heavy (non-hydrogen) atoms. The van der Waals surface area contributed by atoms with E-state index in [1.165, 1.54) is 6.33 Å². The lowest BCUT2D eigenvalue weighted by atomic mass is 9.89. The molecular formula is C34H39N7O5. The van der Waals surface area contributed by atoms with Gasteiger partial charge in [0.25, 0.3) is 5.56 Å². The first-order chi connectivity index (χ1) is 22.0. The number of aromatic nitrogens is 6. The smallest absolute Gasteiger partial charge is 0.340 e. The Morgan fingerprint density at radius 2 is 1.72 bits per heavy atom. The number of H-pyrrole nitrogens is 1. The van der Waals surface area contributed by atoms with Gasteiger partial charge in [-0.05, 0) is 56.7 Å². The predicted molar refractivity (Wildman–Crippen MR) is 171 cm³/mol. The van der Waals surface area contributed by atoms with E-state index in [0.29, 0.717) is 50.1 Å². The van der Waals surface area contributed by atoms with Gasteiger partial charge >= 0.3 is 5.76 Å². The molecule has 0 amide bonds. The number of aryl methyl sites for hydroxylation is 1. The van der Waals surface area contributed by atoms with Crippen molar-refractivity contribution in [2.45, 2.75) is 95.8 Å². The van der Waals surface area contributed by atoms with E-state index < -0.39 is 22.9 Å². The molecule has 7 rings (SSSR count). The Hall–Kier alpha value is -4.39. The van der Waals surface area contributed by atoms with Crippen molar-refractivity contribution < 1.29 is 14.0 Å². The Bertz CT molecular complexity index is 1990. The molecule has 12 heteroatoms. The number of hydrogen-bond donors (Lipinski definition) is 2. The highest BCUT2D eigenvalue weighted by Crippen LogP contribution is 2.49. The number of fused-ring (bicyclic) bond motifs is 1. The van der Waals surface area contributed by atoms with Crippen LogP contribution in [0.3, 0.4) is 0 Å². The zero-order valence-corrected chi connectivity index (χ0v) is 26.6. The minimum atomic E-state index is -0.904. The van der Waals surface area contributed by atoms with Gasteiger partial charge in [-0.2, -0.15) is 10.1 Å². The van der Waals surface area contributed by atoms with E-state index in [0.717, 1.165) is 39.9 Å². The molecular weight excluding hydrogens is 586 g/mol. The highest BCUT2D eigenvalue weighted by molar-refractivity contribution is 5.80. The summed E-state index contributed by atoms with van der Waals surface area (Å²) < 4.78 is 21.1. The van der Waals surface area contributed by atoms with Gasteiger partial charge in [-0.3, -0.25) is 18.9 Å². The average molecular weight is 626 g/mol. The molecule has 3 aromatic heterocycles. The van der Waals surface area contributed by atoms with E-state index in [4.69, 9.17) is 19.7 Å². The maximum absolute atomic E-state index is 14.4. The number of ether oxygens (including phenoxy) is 2. The van der Waals surface area contributed by atoms with Crippen LogP contribution >= 0.6 is 0 Å². The van der Waals surface area contributed by atoms with Gasteiger partial charge < -0.3 is 15.2 Å². The molecule has 0 radical (unpaired) electrons. The van der Waals surface area contributed by atoms with Gasteiger partial charge in [0.05, 0.1) is 5.69 Å². The predicted octanol–water partition coefficient (Wildman–Crippen LogP) is 4.76. The third kappa shape index (κ3) is 5.10. The first-order valence-electron chi connectivity index (χ1n) is 15.9. The molecule has 5 aromatic rings. The van der Waals surface area contributed by atoms with Crippen LogP contribution in [0.15, 0.2) is 69.0 Å². The van der Waals surface area contributed by atoms with E-state index in [1.54, 1.807) is 0 Å². The lowest BCUT2D eigenvalue weighted by Gasteiger charge is -2.37. The quantitative estimate of drug-likeness (QED) is 0.260. The molecule has 0 bridgehead atoms. The molecule has 12 nitrogen and oxygen atoms in total. The third-order valence-electron chi connectivity index (χ3n) is 9.70. The second kappa shape index (κ2) is 11.1. The fraction of sp³-hybridized carbons (Fsp3) is 0.441. The Kier molecular flexibility index (Phi) is 7.33. The molecule has 1 spiro atoms. The molecule has 2 fully saturated rings. The molecule has 1 saturated heterocycles. The standard InChI is InChI=1S/C34H39N7O5/c1-5-8-27-26(19-21-11-13-22(14-12-21)24-9-6-7-10-25(24)28-38-31(43)44-39-28)29(42)40(30-36-20-37-41(27)30)23-15-17-34(18-16-23)45-32(2,3)33(4,35)46-34/h6-7,9-14,20,23H,5,8,15-19,35H2,1-4H3,(H,38,39,43). The fourth-order valence-corrected chi connectivity index (χ4v) is 6.97. The van der Waals surface area contributed by atoms with Crippen molar-refractivity contribution in [3.8, 4) is 22.5 Å². The molecule has 240 valence electrons. The summed E-state index contributed by atoms with van der Waals surface area (Å²) in [5.41, 5.74) is 10.1. The van der Waals surface area contributed by atoms with Gasteiger partial charge in [0.2, 0.25) is 5.78 Å². The number of benzene rings is 2. The van der Waals surface area contributed by atoms with Crippen molar-refractivity contribution in [1.29, 1.82) is 0 Å². The summed E-state index contributed by atoms with van der Waals surface area (Å²) >= 11 is 0. The molecule has 1 atom stereocenters. The monoisotopic (exact) mass is 625 g/mol. The summed E-state index contributed by atoms with van der Waals surface area (Å²) in [6.07, 6.45) is 6.16. The van der Waals surface area contributed by atoms with Crippen molar-refractivity contribution >= 4 is 5.78 Å². The normalized spacial score (nSPS) is 24.2. The second-order valence-electron chi connectivity index (χ2n) is 13.1. The Balaban J connectivity index is 1.21. The Morgan fingerprint density at radius 3 is 2.35 bits per heavy atom. The summed E-state index contributed by atoms with van der Waals surface area (Å²) in [5, 5.41) is 8.45. The van der Waals surface area contributed by atoms with Gasteiger partial charge in [-0.15, -0.1) is 0 Å². The minimum Gasteiger partial charge on any atom is -0.340 e. The maximum Gasteiger partial charge on any atom is 0.439 e. The topological polar surface area (TPSA) is 156 Å². The average Bonchev–Trinajstić information content (AvgIpc) is 3.73. The molecule has 1 unspecified atom stereocenters. The zero-order chi connectivity index (χ0) is 32.3. The zero-order valence-electron chi connectivity index (χ0n) is 26.6. The second-order valence-corrected chi connectivity index (χ2v) is 13.1. The van der Waals surface area contributed by atoms with Crippen molar-refractivity contribution in [2.24, 2.45) is 5.73 Å². The van der Waals surface area contributed by atoms with E-state index in [1.807, 2.05) is 78.4 Å². The molecule has 3 N–H and O–H groups in total. The molecule has 1 aliphatic heterocycles. The SMILES string of the molecule is CCCc1c(Cc2ccc(-c3ccccc3-c3noc(=O)[nH]3)cc2)c(=O)n(C2CCC3(CC2)OC(C)(C)C(C)(N)O3)c2ncnn12. The number of aromatic amines is 1. The highest BCUT2D eigenvalue weighted by atomic mass is 16.8. The van der Waals surface area contributed by atoms with Gasteiger partial charge in [-0.1, -0.05) is 67.0 Å². The van der Waals surface area contributed by atoms with Crippen LogP contribution in [0.5, 0.6) is 0 Å². The van der Waals surface area contributed by atoms with Gasteiger partial charge in [0.1, 0.15) is 17.7 Å². The molecule has 4 heterocycles. The lowest BCUT2D eigenvalue weighted by molar-refractivity contribution is -0.213. The van der Waals surface area contributed by atoms with Crippen LogP contribution in [0, 0.1) is 0 Å². The van der Waals surface area contributed by atoms with Crippen molar-refractivity contribution in [1.82, 2.24) is 29.3 Å². The Morgan fingerprint density at radius 1 is 1.00 bits per heavy atom. The summed E-state index contributed by atoms with van der Waals surface area (Å²) in [7, 11) is 0. The number of rotatable bonds is 7. The van der Waals surface area contributed by atoms with Crippen molar-refractivity contribution in [3.63, 3.8) is 0 Å². The van der Waals surface area contributed by atoms with Gasteiger partial charge in [0, 0.05) is 36.4 Å². The number of nitrogens with one attached hydrogen (secondary N) is 1. The fourth-order valence-electron chi connectivity index (χ4n) is 6.97. The van der Waals surface area contributed by atoms with E-state index >= 15 is 0 Å². The lowest BCUT2D eigenvalue weighted by Crippen LogP contribution is -2.52. The summed E-state index contributed by atoms with van der Waals surface area (Å²) in [6, 6.07) is 15.7.